The zero-order valence-electron chi connectivity index (χ0n) is 11.8. The SMILES string of the molecule is O=CC(=O)C[C@@H](O)COP(=O)(O)O[C@@H]1[C@@H](O)[C@H](O)[C@@H](O)C[C@@H]1O. The van der Waals surface area contributed by atoms with Crippen LogP contribution < -0.4 is 0 Å². The predicted molar refractivity (Wildman–Crippen MR) is 71.0 cm³/mol. The lowest BCUT2D eigenvalue weighted by Crippen LogP contribution is -2.56. The van der Waals surface area contributed by atoms with Gasteiger partial charge >= 0.3 is 7.82 Å². The van der Waals surface area contributed by atoms with Crippen LogP contribution in [-0.2, 0) is 23.2 Å². The Hall–Kier alpha value is -0.750. The van der Waals surface area contributed by atoms with Crippen LogP contribution in [0.2, 0.25) is 0 Å². The van der Waals surface area contributed by atoms with Crippen LogP contribution in [0.4, 0.5) is 0 Å². The Labute approximate surface area is 130 Å². The summed E-state index contributed by atoms with van der Waals surface area (Å²) >= 11 is 0. The fourth-order valence-corrected chi connectivity index (χ4v) is 3.00. The maximum Gasteiger partial charge on any atom is 0.472 e. The molecule has 1 aliphatic carbocycles. The van der Waals surface area contributed by atoms with Gasteiger partial charge < -0.3 is 30.4 Å². The van der Waals surface area contributed by atoms with E-state index in [1.54, 1.807) is 0 Å². The van der Waals surface area contributed by atoms with E-state index in [2.05, 4.69) is 9.05 Å². The van der Waals surface area contributed by atoms with Crippen LogP contribution in [-0.4, -0.2) is 85.7 Å². The van der Waals surface area contributed by atoms with Crippen molar-refractivity contribution >= 4 is 19.9 Å². The van der Waals surface area contributed by atoms with E-state index in [1.165, 1.54) is 0 Å². The first-order chi connectivity index (χ1) is 10.6. The van der Waals surface area contributed by atoms with Crippen LogP contribution in [0, 0.1) is 0 Å². The first-order valence-electron chi connectivity index (χ1n) is 6.61. The summed E-state index contributed by atoms with van der Waals surface area (Å²) in [6, 6.07) is 0. The highest BCUT2D eigenvalue weighted by molar-refractivity contribution is 7.47. The summed E-state index contributed by atoms with van der Waals surface area (Å²) in [5, 5.41) is 47.4. The molecular formula is C11H19O11P. The Bertz CT molecular complexity index is 469. The van der Waals surface area contributed by atoms with Gasteiger partial charge in [-0.05, 0) is 0 Å². The fourth-order valence-electron chi connectivity index (χ4n) is 2.01. The third-order valence-corrected chi connectivity index (χ3v) is 4.18. The lowest BCUT2D eigenvalue weighted by Gasteiger charge is -2.38. The fraction of sp³-hybridized carbons (Fsp3) is 0.818. The van der Waals surface area contributed by atoms with E-state index in [-0.39, 0.29) is 6.29 Å². The van der Waals surface area contributed by atoms with Crippen molar-refractivity contribution in [2.75, 3.05) is 6.61 Å². The maximum absolute atomic E-state index is 11.7. The minimum Gasteiger partial charge on any atom is -0.390 e. The molecular weight excluding hydrogens is 339 g/mol. The summed E-state index contributed by atoms with van der Waals surface area (Å²) in [6.07, 6.45) is -10.8. The van der Waals surface area contributed by atoms with Crippen molar-refractivity contribution in [1.29, 1.82) is 0 Å². The number of aliphatic hydroxyl groups is 5. The standard InChI is InChI=1S/C11H19O11P/c12-3-5(13)1-6(14)4-21-23(19,20)22-11-8(16)2-7(15)9(17)10(11)18/h3,6-11,14-18H,1-2,4H2,(H,19,20)/t6-,7+,8+,9-,10+,11+/m1/s1. The van der Waals surface area contributed by atoms with Crippen molar-refractivity contribution in [2.45, 2.75) is 49.5 Å². The van der Waals surface area contributed by atoms with Crippen molar-refractivity contribution in [3.63, 3.8) is 0 Å². The summed E-state index contributed by atoms with van der Waals surface area (Å²) in [4.78, 5) is 30.3. The second-order valence-electron chi connectivity index (χ2n) is 5.13. The molecule has 0 saturated heterocycles. The number of hydrogen-bond acceptors (Lipinski definition) is 10. The first-order valence-corrected chi connectivity index (χ1v) is 8.11. The highest BCUT2D eigenvalue weighted by Gasteiger charge is 2.46. The Morgan fingerprint density at radius 2 is 1.83 bits per heavy atom. The van der Waals surface area contributed by atoms with E-state index in [0.29, 0.717) is 0 Å². The number of Topliss-reactive ketones (excluding diaryl/α,β-unsaturated/α-hetero) is 1. The van der Waals surface area contributed by atoms with Crippen LogP contribution in [0.5, 0.6) is 0 Å². The molecule has 0 heterocycles. The van der Waals surface area contributed by atoms with Gasteiger partial charge in [-0.25, -0.2) is 4.57 Å². The van der Waals surface area contributed by atoms with Gasteiger partial charge in [0.15, 0.2) is 12.1 Å². The highest BCUT2D eigenvalue weighted by Crippen LogP contribution is 2.47. The van der Waals surface area contributed by atoms with Crippen LogP contribution in [0.15, 0.2) is 0 Å². The summed E-state index contributed by atoms with van der Waals surface area (Å²) in [7, 11) is -4.86. The molecule has 0 aromatic carbocycles. The van der Waals surface area contributed by atoms with Crippen molar-refractivity contribution in [2.24, 2.45) is 0 Å². The van der Waals surface area contributed by atoms with E-state index in [9.17, 15) is 44.6 Å². The molecule has 1 unspecified atom stereocenters. The monoisotopic (exact) mass is 358 g/mol. The molecule has 6 N–H and O–H groups in total. The van der Waals surface area contributed by atoms with Crippen LogP contribution in [0.3, 0.4) is 0 Å². The van der Waals surface area contributed by atoms with Gasteiger partial charge in [-0.1, -0.05) is 0 Å². The summed E-state index contributed by atoms with van der Waals surface area (Å²) < 4.78 is 20.7. The highest BCUT2D eigenvalue weighted by atomic mass is 31.2. The largest absolute Gasteiger partial charge is 0.472 e. The normalized spacial score (nSPS) is 35.3. The van der Waals surface area contributed by atoms with Gasteiger partial charge in [0.1, 0.15) is 18.3 Å². The number of carbonyl (C=O) groups excluding carboxylic acids is 2. The third kappa shape index (κ3) is 5.99. The third-order valence-electron chi connectivity index (χ3n) is 3.20. The number of phosphoric acid groups is 1. The zero-order chi connectivity index (χ0) is 17.8. The molecule has 11 nitrogen and oxygen atoms in total. The molecule has 0 aliphatic heterocycles. The number of hydrogen-bond donors (Lipinski definition) is 6. The van der Waals surface area contributed by atoms with E-state index in [4.69, 9.17) is 0 Å². The Morgan fingerprint density at radius 3 is 2.39 bits per heavy atom. The summed E-state index contributed by atoms with van der Waals surface area (Å²) in [6.45, 7) is -0.822. The first kappa shape index (κ1) is 20.3. The molecule has 1 rings (SSSR count). The van der Waals surface area contributed by atoms with Crippen molar-refractivity contribution in [3.05, 3.63) is 0 Å². The average molecular weight is 358 g/mol. The zero-order valence-corrected chi connectivity index (χ0v) is 12.7. The molecule has 134 valence electrons. The Balaban J connectivity index is 2.58. The van der Waals surface area contributed by atoms with Gasteiger partial charge in [-0.2, -0.15) is 0 Å². The van der Waals surface area contributed by atoms with Crippen molar-refractivity contribution < 1.29 is 53.6 Å². The molecule has 0 aromatic rings. The molecule has 1 fully saturated rings. The van der Waals surface area contributed by atoms with E-state index in [0.717, 1.165) is 0 Å². The molecule has 23 heavy (non-hydrogen) atoms. The minimum atomic E-state index is -4.86. The smallest absolute Gasteiger partial charge is 0.390 e. The number of aldehydes is 1. The summed E-state index contributed by atoms with van der Waals surface area (Å²) in [5.74, 6) is -0.940. The van der Waals surface area contributed by atoms with E-state index >= 15 is 0 Å². The number of carbonyl (C=O) groups is 2. The number of rotatable bonds is 8. The van der Waals surface area contributed by atoms with Crippen LogP contribution in [0.1, 0.15) is 12.8 Å². The molecule has 0 radical (unpaired) electrons. The lowest BCUT2D eigenvalue weighted by molar-refractivity contribution is -0.173. The molecule has 0 spiro atoms. The molecule has 0 amide bonds. The molecule has 0 bridgehead atoms. The number of aliphatic hydroxyl groups excluding tert-OH is 5. The van der Waals surface area contributed by atoms with E-state index < -0.39 is 69.7 Å². The topological polar surface area (TPSA) is 191 Å². The molecule has 1 aliphatic rings. The quantitative estimate of drug-likeness (QED) is 0.146. The van der Waals surface area contributed by atoms with E-state index in [1.807, 2.05) is 0 Å². The summed E-state index contributed by atoms with van der Waals surface area (Å²) in [5.41, 5.74) is 0. The number of ketones is 1. The molecule has 12 heteroatoms. The second-order valence-corrected chi connectivity index (χ2v) is 6.53. The van der Waals surface area contributed by atoms with Gasteiger partial charge in [0, 0.05) is 12.8 Å². The Kier molecular flexibility index (Phi) is 7.39. The number of phosphoric ester groups is 1. The molecule has 7 atom stereocenters. The van der Waals surface area contributed by atoms with Crippen molar-refractivity contribution in [1.82, 2.24) is 0 Å². The van der Waals surface area contributed by atoms with Crippen LogP contribution >= 0.6 is 7.82 Å². The second kappa shape index (κ2) is 8.38. The van der Waals surface area contributed by atoms with Gasteiger partial charge in [-0.3, -0.25) is 18.6 Å². The lowest BCUT2D eigenvalue weighted by atomic mass is 9.87. The Morgan fingerprint density at radius 1 is 1.22 bits per heavy atom. The molecule has 0 aromatic heterocycles. The predicted octanol–water partition coefficient (Wildman–Crippen LogP) is -3.15. The molecule has 1 saturated carbocycles. The van der Waals surface area contributed by atoms with Gasteiger partial charge in [-0.15, -0.1) is 0 Å². The van der Waals surface area contributed by atoms with Gasteiger partial charge in [0.25, 0.3) is 0 Å². The maximum atomic E-state index is 11.7. The minimum absolute atomic E-state index is 0.0281. The average Bonchev–Trinajstić information content (AvgIpc) is 2.47. The van der Waals surface area contributed by atoms with Crippen LogP contribution in [0.25, 0.3) is 0 Å². The van der Waals surface area contributed by atoms with Gasteiger partial charge in [0.2, 0.25) is 0 Å². The van der Waals surface area contributed by atoms with Crippen molar-refractivity contribution in [3.8, 4) is 0 Å². The van der Waals surface area contributed by atoms with Gasteiger partial charge in [0.05, 0.1) is 24.9 Å².